The Morgan fingerprint density at radius 2 is 1.96 bits per heavy atom. The van der Waals surface area contributed by atoms with Crippen molar-refractivity contribution in [2.45, 2.75) is 19.9 Å². The molecule has 0 fully saturated rings. The monoisotopic (exact) mass is 384 g/mol. The minimum absolute atomic E-state index is 0. The van der Waals surface area contributed by atoms with Crippen molar-refractivity contribution in [1.29, 1.82) is 0 Å². The van der Waals surface area contributed by atoms with Gasteiger partial charge in [-0.3, -0.25) is 0 Å². The molecule has 0 aliphatic carbocycles. The molecule has 2 aromatic carbocycles. The van der Waals surface area contributed by atoms with Gasteiger partial charge in [-0.25, -0.2) is 16.9 Å². The van der Waals surface area contributed by atoms with E-state index in [4.69, 9.17) is 17.0 Å². The van der Waals surface area contributed by atoms with Crippen LogP contribution >= 0.6 is 12.2 Å². The molecule has 0 saturated heterocycles. The summed E-state index contributed by atoms with van der Waals surface area (Å²) in [6.07, 6.45) is 0. The minimum atomic E-state index is -0.316. The number of carbonyl (C=O) groups is 1. The van der Waals surface area contributed by atoms with Gasteiger partial charge in [0.2, 0.25) is 0 Å². The van der Waals surface area contributed by atoms with Crippen LogP contribution in [0.25, 0.3) is 0 Å². The summed E-state index contributed by atoms with van der Waals surface area (Å²) in [7, 11) is 0. The maximum Gasteiger partial charge on any atom is 0.335 e. The first kappa shape index (κ1) is 20.2. The van der Waals surface area contributed by atoms with Gasteiger partial charge >= 0.3 is 5.97 Å². The van der Waals surface area contributed by atoms with Gasteiger partial charge in [0.25, 0.3) is 0 Å². The fraction of sp³-hybridized carbons (Fsp3) is 0.222. The Kier molecular flexibility index (Phi) is 8.47. The number of nitrogens with one attached hydrogen (secondary N) is 2. The molecule has 2 aromatic rings. The number of hydrogen-bond acceptors (Lipinski definition) is 3. The predicted molar refractivity (Wildman–Crippen MR) is 95.0 cm³/mol. The molecule has 2 N–H and O–H groups in total. The van der Waals surface area contributed by atoms with Gasteiger partial charge in [0.1, 0.15) is 0 Å². The van der Waals surface area contributed by atoms with Gasteiger partial charge < -0.3 is 45.2 Å². The molecule has 0 aromatic heterocycles. The number of esters is 1. The Bertz CT molecular complexity index is 646. The van der Waals surface area contributed by atoms with E-state index in [9.17, 15) is 4.79 Å². The van der Waals surface area contributed by atoms with Crippen molar-refractivity contribution >= 4 is 23.3 Å². The zero-order chi connectivity index (χ0) is 16.7. The molecule has 1 aliphatic rings. The van der Waals surface area contributed by atoms with Crippen molar-refractivity contribution in [2.75, 3.05) is 6.61 Å². The Morgan fingerprint density at radius 3 is 2.46 bits per heavy atom. The molecular weight excluding hydrogens is 364 g/mol. The van der Waals surface area contributed by atoms with Gasteiger partial charge in [0.15, 0.2) is 5.11 Å². The number of hydrogen-bond donors (Lipinski definition) is 2. The second-order valence-corrected chi connectivity index (χ2v) is 5.38. The molecule has 1 aliphatic heterocycles. The molecule has 4 nitrogen and oxygen atoms in total. The summed E-state index contributed by atoms with van der Waals surface area (Å²) >= 11 is 5.13. The fourth-order valence-electron chi connectivity index (χ4n) is 2.33. The Hall–Kier alpha value is -1.88. The van der Waals surface area contributed by atoms with Crippen LogP contribution in [0.15, 0.2) is 65.9 Å². The van der Waals surface area contributed by atoms with Gasteiger partial charge in [-0.2, -0.15) is 18.2 Å². The van der Waals surface area contributed by atoms with E-state index in [-0.39, 0.29) is 29.1 Å². The Morgan fingerprint density at radius 1 is 1.33 bits per heavy atom. The summed E-state index contributed by atoms with van der Waals surface area (Å²) < 4.78 is 5.10. The zero-order valence-corrected chi connectivity index (χ0v) is 15.5. The molecule has 1 atom stereocenters. The van der Waals surface area contributed by atoms with Crippen molar-refractivity contribution in [3.8, 4) is 0 Å². The normalized spacial score (nSPS) is 16.1. The van der Waals surface area contributed by atoms with Crippen molar-refractivity contribution in [2.24, 2.45) is 0 Å². The number of thiocarbonyl (C=S) groups is 1. The summed E-state index contributed by atoms with van der Waals surface area (Å²) in [5.74, 6) is -0.316. The minimum Gasteiger partial charge on any atom is -0.747 e. The van der Waals surface area contributed by atoms with Crippen LogP contribution in [0, 0.1) is 0 Å². The molecule has 0 radical (unpaired) electrons. The number of carbonyl (C=O) groups excluding carboxylic acids is 1. The molecule has 3 rings (SSSR count). The number of rotatable bonds is 3. The summed E-state index contributed by atoms with van der Waals surface area (Å²) in [6, 6.07) is 17.5. The van der Waals surface area contributed by atoms with E-state index in [1.165, 1.54) is 0 Å². The van der Waals surface area contributed by atoms with E-state index in [0.29, 0.717) is 17.3 Å². The molecule has 0 bridgehead atoms. The van der Waals surface area contributed by atoms with Crippen LogP contribution in [0.4, 0.5) is 0 Å². The van der Waals surface area contributed by atoms with E-state index in [0.717, 1.165) is 11.3 Å². The molecule has 1 heterocycles. The molecular formula is C18H20FeN2O2S-6. The number of allylic oxidation sites excluding steroid dienone is 1. The molecule has 6 heteroatoms. The van der Waals surface area contributed by atoms with Gasteiger partial charge in [0, 0.05) is 28.3 Å². The van der Waals surface area contributed by atoms with Crippen LogP contribution in [0.2, 0.25) is 0 Å². The topological polar surface area (TPSA) is 50.4 Å². The SMILES string of the molecule is CCOC(=O)C1=C(C)NC(=S)NC1[c-]1[cH-][cH-][cH-][cH-]1.[Fe].c1cc[cH-]c1. The standard InChI is InChI=1S/C13H15N2O2S.C5H5.Fe/c1-3-17-12(16)10-8(2)14-13(18)15-11(10)9-6-4-5-7-9;1-2-4-5-3-1;/h4-7,11H,3H2,1-2H3,(H2,14,15,18);1-5H;/q-5;-1;. The smallest absolute Gasteiger partial charge is 0.335 e. The van der Waals surface area contributed by atoms with E-state index < -0.39 is 0 Å². The van der Waals surface area contributed by atoms with Crippen LogP contribution < -0.4 is 10.6 Å². The first-order valence-electron chi connectivity index (χ1n) is 7.47. The van der Waals surface area contributed by atoms with E-state index in [1.807, 2.05) is 61.5 Å². The van der Waals surface area contributed by atoms with Gasteiger partial charge in [-0.15, -0.1) is 0 Å². The quantitative estimate of drug-likeness (QED) is 0.369. The van der Waals surface area contributed by atoms with Crippen LogP contribution in [0.1, 0.15) is 25.5 Å². The molecule has 134 valence electrons. The van der Waals surface area contributed by atoms with Crippen LogP contribution in [-0.2, 0) is 26.6 Å². The third-order valence-electron chi connectivity index (χ3n) is 3.34. The van der Waals surface area contributed by atoms with Crippen molar-refractivity contribution in [3.63, 3.8) is 0 Å². The average Bonchev–Trinajstić information content (AvgIpc) is 3.23. The second kappa shape index (κ2) is 10.1. The molecule has 1 unspecified atom stereocenters. The largest absolute Gasteiger partial charge is 0.747 e. The average molecular weight is 384 g/mol. The Labute approximate surface area is 158 Å². The fourth-order valence-corrected chi connectivity index (χ4v) is 2.60. The first-order valence-corrected chi connectivity index (χ1v) is 7.88. The van der Waals surface area contributed by atoms with E-state index in [2.05, 4.69) is 10.6 Å². The van der Waals surface area contributed by atoms with Crippen LogP contribution in [-0.4, -0.2) is 17.7 Å². The molecule has 0 saturated carbocycles. The third kappa shape index (κ3) is 5.34. The summed E-state index contributed by atoms with van der Waals surface area (Å²) in [6.45, 7) is 3.97. The van der Waals surface area contributed by atoms with E-state index >= 15 is 0 Å². The predicted octanol–water partition coefficient (Wildman–Crippen LogP) is 3.16. The maximum absolute atomic E-state index is 12.0. The van der Waals surface area contributed by atoms with Gasteiger partial charge in [-0.1, -0.05) is 6.04 Å². The Balaban J connectivity index is 0.000000412. The van der Waals surface area contributed by atoms with E-state index in [1.54, 1.807) is 6.92 Å². The van der Waals surface area contributed by atoms with Crippen LogP contribution in [0.3, 0.4) is 0 Å². The van der Waals surface area contributed by atoms with Crippen molar-refractivity contribution in [1.82, 2.24) is 10.6 Å². The van der Waals surface area contributed by atoms with Crippen LogP contribution in [0.5, 0.6) is 0 Å². The summed E-state index contributed by atoms with van der Waals surface area (Å²) in [5, 5.41) is 6.58. The summed E-state index contributed by atoms with van der Waals surface area (Å²) in [5.41, 5.74) is 2.32. The van der Waals surface area contributed by atoms with Gasteiger partial charge in [-0.05, 0) is 26.1 Å². The summed E-state index contributed by atoms with van der Waals surface area (Å²) in [4.78, 5) is 12.0. The second-order valence-electron chi connectivity index (χ2n) is 4.97. The van der Waals surface area contributed by atoms with Gasteiger partial charge in [0.05, 0.1) is 6.61 Å². The van der Waals surface area contributed by atoms with Crippen molar-refractivity contribution < 1.29 is 26.6 Å². The molecule has 0 amide bonds. The molecule has 24 heavy (non-hydrogen) atoms. The zero-order valence-electron chi connectivity index (χ0n) is 13.6. The number of ether oxygens (including phenoxy) is 1. The van der Waals surface area contributed by atoms with Crippen molar-refractivity contribution in [3.05, 3.63) is 71.4 Å². The first-order chi connectivity index (χ1) is 11.1. The molecule has 0 spiro atoms. The third-order valence-corrected chi connectivity index (χ3v) is 3.56. The maximum atomic E-state index is 12.0.